The van der Waals surface area contributed by atoms with Crippen molar-refractivity contribution in [2.45, 2.75) is 37.6 Å². The summed E-state index contributed by atoms with van der Waals surface area (Å²) in [6.07, 6.45) is -8.63. The van der Waals surface area contributed by atoms with Crippen LogP contribution in [0.4, 0.5) is 0 Å². The van der Waals surface area contributed by atoms with Crippen molar-refractivity contribution >= 4 is 16.9 Å². The van der Waals surface area contributed by atoms with E-state index in [1.54, 1.807) is 0 Å². The van der Waals surface area contributed by atoms with E-state index in [-0.39, 0.29) is 11.1 Å². The molecule has 5 atom stereocenters. The first kappa shape index (κ1) is 29.9. The zero-order valence-electron chi connectivity index (χ0n) is 22.3. The van der Waals surface area contributed by atoms with Gasteiger partial charge in [-0.25, -0.2) is 4.79 Å². The van der Waals surface area contributed by atoms with Crippen LogP contribution in [0.2, 0.25) is 0 Å². The highest BCUT2D eigenvalue weighted by atomic mass is 16.7. The van der Waals surface area contributed by atoms with Gasteiger partial charge in [0, 0.05) is 17.7 Å². The van der Waals surface area contributed by atoms with Crippen molar-refractivity contribution in [2.24, 2.45) is 0 Å². The number of phenolic OH excluding ortho intramolecular Hbond substituents is 8. The number of aliphatic hydroxyl groups excluding tert-OH is 2. The van der Waals surface area contributed by atoms with Crippen molar-refractivity contribution in [2.75, 3.05) is 0 Å². The van der Waals surface area contributed by atoms with E-state index >= 15 is 0 Å². The summed E-state index contributed by atoms with van der Waals surface area (Å²) in [7, 11) is 0. The van der Waals surface area contributed by atoms with Crippen LogP contribution in [-0.4, -0.2) is 87.7 Å². The number of hydrogen-bond acceptors (Lipinski definition) is 16. The zero-order valence-corrected chi connectivity index (χ0v) is 22.3. The minimum atomic E-state index is -1.93. The molecule has 44 heavy (non-hydrogen) atoms. The van der Waals surface area contributed by atoms with E-state index in [1.807, 2.05) is 0 Å². The Kier molecular flexibility index (Phi) is 7.42. The normalized spacial score (nSPS) is 21.7. The maximum Gasteiger partial charge on any atom is 0.339 e. The summed E-state index contributed by atoms with van der Waals surface area (Å²) in [5, 5.41) is 100. The lowest BCUT2D eigenvalue weighted by atomic mass is 9.99. The van der Waals surface area contributed by atoms with Crippen LogP contribution in [0.3, 0.4) is 0 Å². The molecule has 16 nitrogen and oxygen atoms in total. The Hall–Kier alpha value is -5.58. The second-order valence-corrected chi connectivity index (χ2v) is 9.83. The molecule has 0 bridgehead atoms. The molecule has 0 spiro atoms. The van der Waals surface area contributed by atoms with Crippen molar-refractivity contribution in [1.29, 1.82) is 0 Å². The third kappa shape index (κ3) is 5.13. The Morgan fingerprint density at radius 2 is 1.34 bits per heavy atom. The van der Waals surface area contributed by atoms with Gasteiger partial charge in [-0.05, 0) is 31.2 Å². The minimum absolute atomic E-state index is 0.275. The maximum atomic E-state index is 13.7. The van der Waals surface area contributed by atoms with E-state index in [0.717, 1.165) is 36.4 Å². The van der Waals surface area contributed by atoms with E-state index in [4.69, 9.17) is 18.6 Å². The predicted molar refractivity (Wildman–Crippen MR) is 144 cm³/mol. The SMILES string of the molecule is C[C@H]1O[C@H](Oc2c(-c3cc(O)c(O)c(O)c3)oc3cc(O)cc(O)c3c2=O)[C@@H](OC(=O)c2cc(O)c(O)c(O)c2)[C@@H](O)[C@@H]1O. The predicted octanol–water partition coefficient (Wildman–Crippen LogP) is 1.18. The van der Waals surface area contributed by atoms with E-state index in [0.29, 0.717) is 0 Å². The quantitative estimate of drug-likeness (QED) is 0.111. The molecule has 16 heteroatoms. The van der Waals surface area contributed by atoms with Crippen LogP contribution in [-0.2, 0) is 9.47 Å². The van der Waals surface area contributed by atoms with Crippen LogP contribution in [0.25, 0.3) is 22.3 Å². The molecule has 0 aliphatic carbocycles. The molecule has 3 aromatic carbocycles. The van der Waals surface area contributed by atoms with Crippen molar-refractivity contribution in [3.63, 3.8) is 0 Å². The van der Waals surface area contributed by atoms with Gasteiger partial charge in [0.05, 0.1) is 11.7 Å². The number of aromatic hydroxyl groups is 8. The van der Waals surface area contributed by atoms with Gasteiger partial charge in [-0.15, -0.1) is 0 Å². The van der Waals surface area contributed by atoms with Gasteiger partial charge in [0.1, 0.15) is 34.7 Å². The number of esters is 1. The number of aliphatic hydroxyl groups is 2. The van der Waals surface area contributed by atoms with Crippen LogP contribution in [0.5, 0.6) is 51.7 Å². The molecule has 0 radical (unpaired) electrons. The molecule has 1 saturated heterocycles. The fraction of sp³-hybridized carbons (Fsp3) is 0.214. The van der Waals surface area contributed by atoms with Crippen molar-refractivity contribution < 1.29 is 74.5 Å². The molecule has 1 fully saturated rings. The number of fused-ring (bicyclic) bond motifs is 1. The first-order valence-corrected chi connectivity index (χ1v) is 12.6. The number of benzene rings is 3. The van der Waals surface area contributed by atoms with Crippen LogP contribution < -0.4 is 10.2 Å². The maximum absolute atomic E-state index is 13.7. The summed E-state index contributed by atoms with van der Waals surface area (Å²) in [6.45, 7) is 1.31. The second kappa shape index (κ2) is 10.9. The average Bonchev–Trinajstić information content (AvgIpc) is 2.95. The molecular formula is C28H24O16. The molecule has 0 unspecified atom stereocenters. The molecule has 5 rings (SSSR count). The smallest absolute Gasteiger partial charge is 0.339 e. The summed E-state index contributed by atoms with van der Waals surface area (Å²) in [4.78, 5) is 26.6. The van der Waals surface area contributed by atoms with Crippen molar-refractivity contribution in [3.05, 3.63) is 52.2 Å². The lowest BCUT2D eigenvalue weighted by Gasteiger charge is -2.40. The van der Waals surface area contributed by atoms with E-state index in [1.165, 1.54) is 6.92 Å². The summed E-state index contributed by atoms with van der Waals surface area (Å²) in [5.41, 5.74) is -2.28. The molecule has 1 aliphatic heterocycles. The topological polar surface area (TPSA) is 277 Å². The summed E-state index contributed by atoms with van der Waals surface area (Å²) in [6, 6.07) is 5.02. The lowest BCUT2D eigenvalue weighted by Crippen LogP contribution is -2.60. The van der Waals surface area contributed by atoms with Gasteiger partial charge < -0.3 is 69.7 Å². The Morgan fingerprint density at radius 3 is 1.93 bits per heavy atom. The Labute approximate surface area is 244 Å². The second-order valence-electron chi connectivity index (χ2n) is 9.83. The van der Waals surface area contributed by atoms with Gasteiger partial charge in [0.25, 0.3) is 0 Å². The first-order chi connectivity index (χ1) is 20.7. The van der Waals surface area contributed by atoms with Crippen LogP contribution in [0, 0.1) is 0 Å². The molecule has 2 heterocycles. The van der Waals surface area contributed by atoms with Gasteiger partial charge in [-0.2, -0.15) is 0 Å². The van der Waals surface area contributed by atoms with Gasteiger partial charge in [-0.3, -0.25) is 4.79 Å². The molecule has 232 valence electrons. The molecular weight excluding hydrogens is 592 g/mol. The Bertz CT molecular complexity index is 1800. The summed E-state index contributed by atoms with van der Waals surface area (Å²) < 4.78 is 22.3. The lowest BCUT2D eigenvalue weighted by molar-refractivity contribution is -0.267. The fourth-order valence-corrected chi connectivity index (χ4v) is 4.55. The molecule has 1 aliphatic rings. The summed E-state index contributed by atoms with van der Waals surface area (Å²) >= 11 is 0. The number of rotatable bonds is 5. The minimum Gasteiger partial charge on any atom is -0.508 e. The Balaban J connectivity index is 1.64. The van der Waals surface area contributed by atoms with Crippen LogP contribution >= 0.6 is 0 Å². The first-order valence-electron chi connectivity index (χ1n) is 12.6. The molecule has 0 amide bonds. The number of carbonyl (C=O) groups excluding carboxylic acids is 1. The zero-order chi connectivity index (χ0) is 32.2. The van der Waals surface area contributed by atoms with Crippen molar-refractivity contribution in [3.8, 4) is 63.1 Å². The number of phenols is 8. The van der Waals surface area contributed by atoms with Crippen LogP contribution in [0.15, 0.2) is 45.6 Å². The third-order valence-corrected chi connectivity index (χ3v) is 6.82. The van der Waals surface area contributed by atoms with E-state index in [9.17, 15) is 60.7 Å². The molecule has 10 N–H and O–H groups in total. The largest absolute Gasteiger partial charge is 0.508 e. The number of ether oxygens (including phenoxy) is 3. The molecule has 1 aromatic heterocycles. The highest BCUT2D eigenvalue weighted by Crippen LogP contribution is 2.43. The number of carbonyl (C=O) groups is 1. The highest BCUT2D eigenvalue weighted by molar-refractivity contribution is 5.91. The number of hydrogen-bond donors (Lipinski definition) is 10. The molecule has 4 aromatic rings. The van der Waals surface area contributed by atoms with Gasteiger partial charge >= 0.3 is 5.97 Å². The standard InChI is InChI=1S/C28H24O16/c1-8-19(35)23(39)26(43-27(40)10-4-15(33)21(37)16(34)5-10)28(41-8)44-25-22(38)18-12(30)6-11(29)7-17(18)42-24(25)9-2-13(31)20(36)14(32)3-9/h2-8,19,23,26,28-37,39H,1H3/t8-,19-,23+,26+,28-/m1/s1. The van der Waals surface area contributed by atoms with Crippen LogP contribution in [0.1, 0.15) is 17.3 Å². The average molecular weight is 616 g/mol. The monoisotopic (exact) mass is 616 g/mol. The van der Waals surface area contributed by atoms with E-state index in [2.05, 4.69) is 0 Å². The fourth-order valence-electron chi connectivity index (χ4n) is 4.55. The third-order valence-electron chi connectivity index (χ3n) is 6.82. The highest BCUT2D eigenvalue weighted by Gasteiger charge is 2.47. The van der Waals surface area contributed by atoms with Gasteiger partial charge in [-0.1, -0.05) is 0 Å². The molecule has 0 saturated carbocycles. The van der Waals surface area contributed by atoms with Gasteiger partial charge in [0.15, 0.2) is 46.4 Å². The summed E-state index contributed by atoms with van der Waals surface area (Å²) in [5.74, 6) is -9.22. The van der Waals surface area contributed by atoms with Gasteiger partial charge in [0.2, 0.25) is 17.5 Å². The van der Waals surface area contributed by atoms with E-state index < -0.39 is 111 Å². The van der Waals surface area contributed by atoms with Crippen molar-refractivity contribution in [1.82, 2.24) is 0 Å². The Morgan fingerprint density at radius 1 is 0.773 bits per heavy atom.